The molecule has 6 nitrogen and oxygen atoms in total. The molecule has 3 rings (SSSR count). The Morgan fingerprint density at radius 3 is 2.67 bits per heavy atom. The van der Waals surface area contributed by atoms with Crippen molar-refractivity contribution in [1.29, 1.82) is 0 Å². The molecule has 2 fully saturated rings. The van der Waals surface area contributed by atoms with E-state index in [1.165, 1.54) is 19.1 Å². The fourth-order valence-corrected chi connectivity index (χ4v) is 4.07. The minimum atomic E-state index is -1.00. The lowest BCUT2D eigenvalue weighted by atomic mass is 10.1. The van der Waals surface area contributed by atoms with Crippen molar-refractivity contribution in [2.24, 2.45) is 0 Å². The number of carbonyl (C=O) groups is 3. The number of thioether (sulfide) groups is 1. The number of hydrogen-bond donors (Lipinski definition) is 0. The van der Waals surface area contributed by atoms with Gasteiger partial charge in [0.1, 0.15) is 11.9 Å². The van der Waals surface area contributed by atoms with Crippen LogP contribution in [0.1, 0.15) is 32.3 Å². The van der Waals surface area contributed by atoms with Gasteiger partial charge >= 0.3 is 5.97 Å². The van der Waals surface area contributed by atoms with Crippen LogP contribution in [0.4, 0.5) is 14.9 Å². The van der Waals surface area contributed by atoms with Crippen molar-refractivity contribution in [3.8, 4) is 0 Å². The highest BCUT2D eigenvalue weighted by Gasteiger charge is 2.41. The van der Waals surface area contributed by atoms with E-state index in [2.05, 4.69) is 0 Å². The highest BCUT2D eigenvalue weighted by atomic mass is 32.2. The van der Waals surface area contributed by atoms with Crippen molar-refractivity contribution in [1.82, 2.24) is 4.90 Å². The smallest absolute Gasteiger partial charge is 0.329 e. The predicted octanol–water partition coefficient (Wildman–Crippen LogP) is 3.41. The van der Waals surface area contributed by atoms with E-state index >= 15 is 0 Å². The Hall–Kier alpha value is -2.35. The van der Waals surface area contributed by atoms with Gasteiger partial charge in [-0.15, -0.1) is 0 Å². The molecular weight excluding hydrogens is 371 g/mol. The molecule has 0 saturated carbocycles. The van der Waals surface area contributed by atoms with Crippen LogP contribution in [-0.4, -0.2) is 47.8 Å². The number of imide groups is 1. The SMILES string of the molecule is CCOC(=O)[C@@H](C)N1C(=O)S/C(=C\c2ccc(N3CCCC3)c(F)c2)C1=O. The van der Waals surface area contributed by atoms with Gasteiger partial charge < -0.3 is 9.64 Å². The van der Waals surface area contributed by atoms with Gasteiger partial charge in [0.05, 0.1) is 17.2 Å². The first-order valence-corrected chi connectivity index (χ1v) is 9.72. The number of rotatable bonds is 5. The average Bonchev–Trinajstić information content (AvgIpc) is 3.24. The van der Waals surface area contributed by atoms with E-state index < -0.39 is 23.2 Å². The lowest BCUT2D eigenvalue weighted by molar-refractivity contribution is -0.150. The largest absolute Gasteiger partial charge is 0.464 e. The van der Waals surface area contributed by atoms with Gasteiger partial charge in [-0.3, -0.25) is 14.5 Å². The standard InChI is InChI=1S/C19H21FN2O4S/c1-3-26-18(24)12(2)22-17(23)16(27-19(22)25)11-13-6-7-15(14(20)10-13)21-8-4-5-9-21/h6-7,10-12H,3-5,8-9H2,1-2H3/b16-11-/t12-/m1/s1. The molecule has 0 bridgehead atoms. The van der Waals surface area contributed by atoms with Crippen molar-refractivity contribution in [3.05, 3.63) is 34.5 Å². The zero-order valence-electron chi connectivity index (χ0n) is 15.2. The summed E-state index contributed by atoms with van der Waals surface area (Å²) < 4.78 is 19.3. The third kappa shape index (κ3) is 4.00. The van der Waals surface area contributed by atoms with E-state index in [0.717, 1.165) is 42.6 Å². The van der Waals surface area contributed by atoms with Gasteiger partial charge in [-0.1, -0.05) is 6.07 Å². The number of amides is 2. The molecule has 0 radical (unpaired) electrons. The van der Waals surface area contributed by atoms with Crippen LogP contribution in [0, 0.1) is 5.82 Å². The van der Waals surface area contributed by atoms with Gasteiger partial charge in [-0.25, -0.2) is 9.18 Å². The van der Waals surface area contributed by atoms with Crippen LogP contribution < -0.4 is 4.90 Å². The third-order valence-corrected chi connectivity index (χ3v) is 5.44. The lowest BCUT2D eigenvalue weighted by Gasteiger charge is -2.19. The van der Waals surface area contributed by atoms with Crippen LogP contribution in [0.5, 0.6) is 0 Å². The summed E-state index contributed by atoms with van der Waals surface area (Å²) in [6.45, 7) is 4.93. The molecule has 8 heteroatoms. The fourth-order valence-electron chi connectivity index (χ4n) is 3.16. The number of carbonyl (C=O) groups excluding carboxylic acids is 3. The highest BCUT2D eigenvalue weighted by Crippen LogP contribution is 2.34. The summed E-state index contributed by atoms with van der Waals surface area (Å²) in [4.78, 5) is 39.6. The Morgan fingerprint density at radius 1 is 1.33 bits per heavy atom. The van der Waals surface area contributed by atoms with Gasteiger partial charge in [0.25, 0.3) is 11.1 Å². The number of halogens is 1. The normalized spacial score (nSPS) is 19.9. The minimum absolute atomic E-state index is 0.157. The molecule has 0 unspecified atom stereocenters. The van der Waals surface area contributed by atoms with Gasteiger partial charge in [0.15, 0.2) is 0 Å². The average molecular weight is 392 g/mol. The molecule has 144 valence electrons. The second-order valence-electron chi connectivity index (χ2n) is 6.38. The maximum atomic E-state index is 14.4. The second kappa shape index (κ2) is 8.12. The van der Waals surface area contributed by atoms with Crippen LogP contribution >= 0.6 is 11.8 Å². The monoisotopic (exact) mass is 392 g/mol. The van der Waals surface area contributed by atoms with Crippen LogP contribution in [-0.2, 0) is 14.3 Å². The van der Waals surface area contributed by atoms with Crippen molar-refractivity contribution in [2.75, 3.05) is 24.6 Å². The molecule has 0 N–H and O–H groups in total. The van der Waals surface area contributed by atoms with E-state index in [-0.39, 0.29) is 17.3 Å². The first-order chi connectivity index (χ1) is 12.9. The van der Waals surface area contributed by atoms with Gasteiger partial charge in [0, 0.05) is 13.1 Å². The summed E-state index contributed by atoms with van der Waals surface area (Å²) >= 11 is 0.734. The summed E-state index contributed by atoms with van der Waals surface area (Å²) in [5.41, 5.74) is 1.04. The van der Waals surface area contributed by atoms with E-state index in [4.69, 9.17) is 4.74 Å². The molecule has 1 aromatic rings. The number of hydrogen-bond acceptors (Lipinski definition) is 6. The highest BCUT2D eigenvalue weighted by molar-refractivity contribution is 8.18. The number of nitrogens with zero attached hydrogens (tertiary/aromatic N) is 2. The summed E-state index contributed by atoms with van der Waals surface area (Å²) in [6.07, 6.45) is 3.57. The van der Waals surface area contributed by atoms with E-state index in [1.807, 2.05) is 4.90 Å². The molecule has 2 amide bonds. The zero-order valence-corrected chi connectivity index (χ0v) is 16.1. The molecule has 2 saturated heterocycles. The van der Waals surface area contributed by atoms with Crippen molar-refractivity contribution in [3.63, 3.8) is 0 Å². The van der Waals surface area contributed by atoms with Crippen molar-refractivity contribution >= 4 is 40.6 Å². The molecule has 2 aliphatic rings. The molecule has 0 spiro atoms. The molecule has 2 aliphatic heterocycles. The van der Waals surface area contributed by atoms with E-state index in [9.17, 15) is 18.8 Å². The molecule has 1 aromatic carbocycles. The second-order valence-corrected chi connectivity index (χ2v) is 7.38. The van der Waals surface area contributed by atoms with Crippen LogP contribution in [0.25, 0.3) is 6.08 Å². The summed E-state index contributed by atoms with van der Waals surface area (Å²) in [5.74, 6) is -1.57. The Labute approximate surface area is 161 Å². The Bertz CT molecular complexity index is 805. The molecule has 1 atom stereocenters. The Kier molecular flexibility index (Phi) is 5.84. The van der Waals surface area contributed by atoms with Gasteiger partial charge in [-0.05, 0) is 62.2 Å². The Morgan fingerprint density at radius 2 is 2.04 bits per heavy atom. The van der Waals surface area contributed by atoms with Crippen molar-refractivity contribution < 1.29 is 23.5 Å². The molecule has 0 aliphatic carbocycles. The first kappa shape index (κ1) is 19.4. The molecular formula is C19H21FN2O4S. The van der Waals surface area contributed by atoms with Crippen molar-refractivity contribution in [2.45, 2.75) is 32.7 Å². The molecule has 2 heterocycles. The maximum absolute atomic E-state index is 14.4. The van der Waals surface area contributed by atoms with Crippen LogP contribution in [0.2, 0.25) is 0 Å². The van der Waals surface area contributed by atoms with Crippen LogP contribution in [0.3, 0.4) is 0 Å². The number of anilines is 1. The topological polar surface area (TPSA) is 66.9 Å². The zero-order chi connectivity index (χ0) is 19.6. The van der Waals surface area contributed by atoms with E-state index in [1.54, 1.807) is 19.1 Å². The first-order valence-electron chi connectivity index (χ1n) is 8.90. The summed E-state index contributed by atoms with van der Waals surface area (Å²) in [7, 11) is 0. The third-order valence-electron chi connectivity index (χ3n) is 4.55. The fraction of sp³-hybridized carbons (Fsp3) is 0.421. The van der Waals surface area contributed by atoms with Crippen LogP contribution in [0.15, 0.2) is 23.1 Å². The van der Waals surface area contributed by atoms with E-state index in [0.29, 0.717) is 11.3 Å². The summed E-state index contributed by atoms with van der Waals surface area (Å²) in [6, 6.07) is 3.77. The molecule has 27 heavy (non-hydrogen) atoms. The Balaban J connectivity index is 1.79. The van der Waals surface area contributed by atoms with Gasteiger partial charge in [0.2, 0.25) is 0 Å². The lowest BCUT2D eigenvalue weighted by Crippen LogP contribution is -2.42. The maximum Gasteiger partial charge on any atom is 0.329 e. The van der Waals surface area contributed by atoms with Gasteiger partial charge in [-0.2, -0.15) is 0 Å². The summed E-state index contributed by atoms with van der Waals surface area (Å²) in [5, 5.41) is -0.541. The number of esters is 1. The number of benzene rings is 1. The quantitative estimate of drug-likeness (QED) is 0.565. The molecule has 0 aromatic heterocycles. The number of ether oxygens (including phenoxy) is 1. The minimum Gasteiger partial charge on any atom is -0.464 e. The predicted molar refractivity (Wildman–Crippen MR) is 102 cm³/mol.